The summed E-state index contributed by atoms with van der Waals surface area (Å²) in [5, 5.41) is 15.4. The molecule has 7 nitrogen and oxygen atoms in total. The number of hydrogen-bond acceptors (Lipinski definition) is 6. The highest BCUT2D eigenvalue weighted by molar-refractivity contribution is 6.32. The lowest BCUT2D eigenvalue weighted by Crippen LogP contribution is -2.28. The summed E-state index contributed by atoms with van der Waals surface area (Å²) < 4.78 is 10.8. The molecular formula is C15H24ClN3O4. The Hall–Kier alpha value is -1.54. The second-order valence-electron chi connectivity index (χ2n) is 4.74. The van der Waals surface area contributed by atoms with Crippen molar-refractivity contribution in [2.24, 2.45) is 5.73 Å². The second-order valence-corrected chi connectivity index (χ2v) is 5.15. The van der Waals surface area contributed by atoms with Crippen LogP contribution in [-0.4, -0.2) is 50.5 Å². The maximum atomic E-state index is 10.9. The predicted octanol–water partition coefficient (Wildman–Crippen LogP) is 0.274. The minimum absolute atomic E-state index is 0.125. The van der Waals surface area contributed by atoms with E-state index in [1.807, 2.05) is 13.0 Å². The van der Waals surface area contributed by atoms with Crippen LogP contribution in [0.4, 0.5) is 0 Å². The van der Waals surface area contributed by atoms with E-state index in [1.54, 1.807) is 6.07 Å². The van der Waals surface area contributed by atoms with E-state index in [4.69, 9.17) is 31.9 Å². The Morgan fingerprint density at radius 2 is 2.00 bits per heavy atom. The van der Waals surface area contributed by atoms with Gasteiger partial charge in [-0.15, -0.1) is 0 Å². The molecule has 0 saturated heterocycles. The summed E-state index contributed by atoms with van der Waals surface area (Å²) in [6, 6.07) is 3.58. The fourth-order valence-electron chi connectivity index (χ4n) is 1.88. The Morgan fingerprint density at radius 3 is 2.65 bits per heavy atom. The quantitative estimate of drug-likeness (QED) is 0.405. The van der Waals surface area contributed by atoms with Crippen molar-refractivity contribution in [1.29, 1.82) is 0 Å². The molecule has 0 aliphatic rings. The molecule has 0 aromatic heterocycles. The summed E-state index contributed by atoms with van der Waals surface area (Å²) in [4.78, 5) is 10.9. The Morgan fingerprint density at radius 1 is 1.26 bits per heavy atom. The Balaban J connectivity index is 2.65. The SMILES string of the molecule is CCOc1cc(CNCCNCCO)cc(Cl)c1OCC(N)=O. The van der Waals surface area contributed by atoms with E-state index in [0.29, 0.717) is 36.2 Å². The van der Waals surface area contributed by atoms with Gasteiger partial charge in [-0.05, 0) is 24.6 Å². The molecule has 0 fully saturated rings. The molecule has 1 amide bonds. The predicted molar refractivity (Wildman–Crippen MR) is 89.0 cm³/mol. The highest BCUT2D eigenvalue weighted by Crippen LogP contribution is 2.36. The molecule has 0 aliphatic heterocycles. The van der Waals surface area contributed by atoms with Gasteiger partial charge in [0, 0.05) is 26.2 Å². The van der Waals surface area contributed by atoms with Crippen LogP contribution in [0.1, 0.15) is 12.5 Å². The third-order valence-corrected chi connectivity index (χ3v) is 3.10. The topological polar surface area (TPSA) is 106 Å². The number of aliphatic hydroxyl groups is 1. The van der Waals surface area contributed by atoms with E-state index in [-0.39, 0.29) is 13.2 Å². The molecule has 23 heavy (non-hydrogen) atoms. The van der Waals surface area contributed by atoms with Crippen molar-refractivity contribution < 1.29 is 19.4 Å². The number of nitrogens with two attached hydrogens (primary N) is 1. The number of amides is 1. The second kappa shape index (κ2) is 11.1. The van der Waals surface area contributed by atoms with Gasteiger partial charge in [0.1, 0.15) is 0 Å². The van der Waals surface area contributed by atoms with Crippen LogP contribution < -0.4 is 25.8 Å². The van der Waals surface area contributed by atoms with Gasteiger partial charge in [-0.3, -0.25) is 4.79 Å². The van der Waals surface area contributed by atoms with Crippen LogP contribution >= 0.6 is 11.6 Å². The number of halogens is 1. The first-order valence-electron chi connectivity index (χ1n) is 7.47. The van der Waals surface area contributed by atoms with E-state index >= 15 is 0 Å². The number of aliphatic hydroxyl groups excluding tert-OH is 1. The van der Waals surface area contributed by atoms with Crippen molar-refractivity contribution >= 4 is 17.5 Å². The first kappa shape index (κ1) is 19.5. The van der Waals surface area contributed by atoms with Crippen LogP contribution in [0.25, 0.3) is 0 Å². The van der Waals surface area contributed by atoms with Crippen molar-refractivity contribution in [1.82, 2.24) is 10.6 Å². The molecule has 1 aromatic carbocycles. The third kappa shape index (κ3) is 7.51. The Bertz CT molecular complexity index is 500. The van der Waals surface area contributed by atoms with E-state index < -0.39 is 5.91 Å². The number of primary amides is 1. The molecule has 130 valence electrons. The van der Waals surface area contributed by atoms with Gasteiger partial charge in [0.05, 0.1) is 18.2 Å². The Labute approximate surface area is 141 Å². The number of benzene rings is 1. The van der Waals surface area contributed by atoms with Crippen molar-refractivity contribution in [3.63, 3.8) is 0 Å². The van der Waals surface area contributed by atoms with E-state index in [2.05, 4.69) is 10.6 Å². The largest absolute Gasteiger partial charge is 0.490 e. The van der Waals surface area contributed by atoms with Crippen LogP contribution in [0, 0.1) is 0 Å². The number of rotatable bonds is 12. The number of carbonyl (C=O) groups is 1. The first-order valence-corrected chi connectivity index (χ1v) is 7.84. The van der Waals surface area contributed by atoms with E-state index in [0.717, 1.165) is 18.7 Å². The maximum Gasteiger partial charge on any atom is 0.255 e. The molecule has 0 aliphatic carbocycles. The summed E-state index contributed by atoms with van der Waals surface area (Å²) in [7, 11) is 0. The maximum absolute atomic E-state index is 10.9. The zero-order valence-electron chi connectivity index (χ0n) is 13.2. The van der Waals surface area contributed by atoms with Crippen LogP contribution in [0.2, 0.25) is 5.02 Å². The van der Waals surface area contributed by atoms with Crippen molar-refractivity contribution in [3.8, 4) is 11.5 Å². The average Bonchev–Trinajstić information content (AvgIpc) is 2.50. The fraction of sp³-hybridized carbons (Fsp3) is 0.533. The minimum atomic E-state index is -0.579. The molecular weight excluding hydrogens is 322 g/mol. The van der Waals surface area contributed by atoms with Gasteiger partial charge >= 0.3 is 0 Å². The monoisotopic (exact) mass is 345 g/mol. The highest BCUT2D eigenvalue weighted by Gasteiger charge is 2.13. The summed E-state index contributed by atoms with van der Waals surface area (Å²) in [5.74, 6) is 0.224. The van der Waals surface area contributed by atoms with Gasteiger partial charge in [0.15, 0.2) is 18.1 Å². The van der Waals surface area contributed by atoms with Crippen molar-refractivity contribution in [2.45, 2.75) is 13.5 Å². The normalized spacial score (nSPS) is 10.6. The standard InChI is InChI=1S/C15H24ClN3O4/c1-2-22-13-8-11(9-19-4-3-18-5-6-20)7-12(16)15(13)23-10-14(17)21/h7-8,18-20H,2-6,9-10H2,1H3,(H2,17,21). The minimum Gasteiger partial charge on any atom is -0.490 e. The zero-order chi connectivity index (χ0) is 17.1. The van der Waals surface area contributed by atoms with Crippen LogP contribution in [-0.2, 0) is 11.3 Å². The summed E-state index contributed by atoms with van der Waals surface area (Å²) in [5.41, 5.74) is 6.02. The molecule has 0 saturated carbocycles. The first-order chi connectivity index (χ1) is 11.1. The number of hydrogen-bond donors (Lipinski definition) is 4. The molecule has 1 aromatic rings. The fourth-order valence-corrected chi connectivity index (χ4v) is 2.17. The number of ether oxygens (including phenoxy) is 2. The number of carbonyl (C=O) groups excluding carboxylic acids is 1. The highest BCUT2D eigenvalue weighted by atomic mass is 35.5. The molecule has 0 radical (unpaired) electrons. The van der Waals surface area contributed by atoms with E-state index in [1.165, 1.54) is 0 Å². The Kier molecular flexibility index (Phi) is 9.39. The summed E-state index contributed by atoms with van der Waals surface area (Å²) >= 11 is 6.21. The molecule has 0 spiro atoms. The molecule has 1 rings (SSSR count). The zero-order valence-corrected chi connectivity index (χ0v) is 14.0. The summed E-state index contributed by atoms with van der Waals surface area (Å²) in [6.45, 7) is 4.86. The van der Waals surface area contributed by atoms with Crippen molar-refractivity contribution in [3.05, 3.63) is 22.7 Å². The molecule has 0 unspecified atom stereocenters. The molecule has 0 heterocycles. The molecule has 0 bridgehead atoms. The summed E-state index contributed by atoms with van der Waals surface area (Å²) in [6.07, 6.45) is 0. The lowest BCUT2D eigenvalue weighted by atomic mass is 10.2. The van der Waals surface area contributed by atoms with Crippen LogP contribution in [0.3, 0.4) is 0 Å². The third-order valence-electron chi connectivity index (χ3n) is 2.82. The van der Waals surface area contributed by atoms with E-state index in [9.17, 15) is 4.79 Å². The smallest absolute Gasteiger partial charge is 0.255 e. The molecule has 0 atom stereocenters. The van der Waals surface area contributed by atoms with Gasteiger partial charge < -0.3 is 30.9 Å². The molecule has 5 N–H and O–H groups in total. The van der Waals surface area contributed by atoms with Crippen LogP contribution in [0.5, 0.6) is 11.5 Å². The van der Waals surface area contributed by atoms with Gasteiger partial charge in [-0.25, -0.2) is 0 Å². The van der Waals surface area contributed by atoms with Crippen molar-refractivity contribution in [2.75, 3.05) is 39.5 Å². The lowest BCUT2D eigenvalue weighted by molar-refractivity contribution is -0.119. The number of nitrogens with one attached hydrogen (secondary N) is 2. The van der Waals surface area contributed by atoms with Gasteiger partial charge in [0.2, 0.25) is 0 Å². The van der Waals surface area contributed by atoms with Crippen LogP contribution in [0.15, 0.2) is 12.1 Å². The average molecular weight is 346 g/mol. The van der Waals surface area contributed by atoms with Gasteiger partial charge in [0.25, 0.3) is 5.91 Å². The lowest BCUT2D eigenvalue weighted by Gasteiger charge is -2.15. The van der Waals surface area contributed by atoms with Gasteiger partial charge in [-0.2, -0.15) is 0 Å². The molecule has 8 heteroatoms. The van der Waals surface area contributed by atoms with Gasteiger partial charge in [-0.1, -0.05) is 11.6 Å².